The number of benzene rings is 2. The van der Waals surface area contributed by atoms with E-state index in [9.17, 15) is 0 Å². The molecule has 0 saturated carbocycles. The van der Waals surface area contributed by atoms with Gasteiger partial charge < -0.3 is 0 Å². The highest BCUT2D eigenvalue weighted by Crippen LogP contribution is 2.26. The first-order valence-corrected chi connectivity index (χ1v) is 9.24. The third kappa shape index (κ3) is 3.94. The maximum Gasteiger partial charge on any atom is 0.0968 e. The van der Waals surface area contributed by atoms with E-state index < -0.39 is 0 Å². The Morgan fingerprint density at radius 1 is 0.880 bits per heavy atom. The van der Waals surface area contributed by atoms with E-state index in [-0.39, 0.29) is 0 Å². The van der Waals surface area contributed by atoms with Gasteiger partial charge in [0.05, 0.1) is 12.2 Å². The standard InChI is InChI=1S/C21H22ClN3/c22-20-10-8-18(9-11-20)21-19(15-24-12-4-5-13-24)16-25(23-21)14-17-6-2-1-3-7-17/h1-3,6-11,16H,4-5,12-15H2. The zero-order valence-corrected chi connectivity index (χ0v) is 15.0. The minimum absolute atomic E-state index is 0.758. The van der Waals surface area contributed by atoms with Gasteiger partial charge in [-0.15, -0.1) is 0 Å². The Kier molecular flexibility index (Phi) is 4.86. The third-order valence-electron chi connectivity index (χ3n) is 4.74. The molecule has 1 aliphatic rings. The summed E-state index contributed by atoms with van der Waals surface area (Å²) in [5.74, 6) is 0. The first-order valence-electron chi connectivity index (χ1n) is 8.86. The second kappa shape index (κ2) is 7.42. The van der Waals surface area contributed by atoms with Crippen molar-refractivity contribution in [1.29, 1.82) is 0 Å². The van der Waals surface area contributed by atoms with Crippen molar-refractivity contribution in [2.24, 2.45) is 0 Å². The van der Waals surface area contributed by atoms with Gasteiger partial charge in [-0.05, 0) is 43.6 Å². The number of hydrogen-bond donors (Lipinski definition) is 0. The lowest BCUT2D eigenvalue weighted by Gasteiger charge is -2.14. The molecule has 1 aliphatic heterocycles. The summed E-state index contributed by atoms with van der Waals surface area (Å²) >= 11 is 6.06. The molecule has 2 aromatic carbocycles. The molecule has 0 atom stereocenters. The van der Waals surface area contributed by atoms with Gasteiger partial charge in [0.25, 0.3) is 0 Å². The van der Waals surface area contributed by atoms with Crippen LogP contribution in [0, 0.1) is 0 Å². The third-order valence-corrected chi connectivity index (χ3v) is 4.99. The number of rotatable bonds is 5. The van der Waals surface area contributed by atoms with Gasteiger partial charge in [-0.25, -0.2) is 0 Å². The van der Waals surface area contributed by atoms with Gasteiger partial charge in [-0.2, -0.15) is 5.10 Å². The summed E-state index contributed by atoms with van der Waals surface area (Å²) in [6.07, 6.45) is 4.80. The van der Waals surface area contributed by atoms with Crippen LogP contribution in [0.15, 0.2) is 60.8 Å². The molecule has 0 radical (unpaired) electrons. The number of nitrogens with zero attached hydrogens (tertiary/aromatic N) is 3. The van der Waals surface area contributed by atoms with Crippen LogP contribution in [-0.2, 0) is 13.1 Å². The van der Waals surface area contributed by atoms with Crippen LogP contribution >= 0.6 is 11.6 Å². The molecule has 1 saturated heterocycles. The highest BCUT2D eigenvalue weighted by molar-refractivity contribution is 6.30. The Balaban J connectivity index is 1.65. The van der Waals surface area contributed by atoms with Crippen LogP contribution in [0.2, 0.25) is 5.02 Å². The zero-order valence-electron chi connectivity index (χ0n) is 14.2. The van der Waals surface area contributed by atoms with Crippen molar-refractivity contribution in [2.45, 2.75) is 25.9 Å². The van der Waals surface area contributed by atoms with E-state index in [1.165, 1.54) is 37.1 Å². The second-order valence-corrected chi connectivity index (χ2v) is 7.11. The van der Waals surface area contributed by atoms with Crippen LogP contribution in [0.4, 0.5) is 0 Å². The number of hydrogen-bond acceptors (Lipinski definition) is 2. The second-order valence-electron chi connectivity index (χ2n) is 6.68. The van der Waals surface area contributed by atoms with Crippen LogP contribution in [0.1, 0.15) is 24.0 Å². The lowest BCUT2D eigenvalue weighted by atomic mass is 10.1. The maximum absolute atomic E-state index is 6.06. The molecule has 2 heterocycles. The Morgan fingerprint density at radius 3 is 2.32 bits per heavy atom. The normalized spacial score (nSPS) is 14.9. The van der Waals surface area contributed by atoms with Gasteiger partial charge in [0.2, 0.25) is 0 Å². The van der Waals surface area contributed by atoms with E-state index in [1.807, 2.05) is 18.2 Å². The molecule has 1 fully saturated rings. The molecule has 4 heteroatoms. The quantitative estimate of drug-likeness (QED) is 0.655. The molecule has 0 spiro atoms. The van der Waals surface area contributed by atoms with Gasteiger partial charge in [0.15, 0.2) is 0 Å². The van der Waals surface area contributed by atoms with E-state index in [0.717, 1.165) is 29.4 Å². The lowest BCUT2D eigenvalue weighted by molar-refractivity contribution is 0.331. The average Bonchev–Trinajstić information content (AvgIpc) is 3.27. The minimum Gasteiger partial charge on any atom is -0.299 e. The first-order chi connectivity index (χ1) is 12.3. The smallest absolute Gasteiger partial charge is 0.0968 e. The molecule has 3 nitrogen and oxygen atoms in total. The molecule has 0 aliphatic carbocycles. The molecular weight excluding hydrogens is 330 g/mol. The van der Waals surface area contributed by atoms with Crippen LogP contribution in [0.25, 0.3) is 11.3 Å². The van der Waals surface area contributed by atoms with Crippen molar-refractivity contribution >= 4 is 11.6 Å². The number of halogens is 1. The molecule has 1 aromatic heterocycles. The first kappa shape index (κ1) is 16.4. The topological polar surface area (TPSA) is 21.1 Å². The van der Waals surface area contributed by atoms with E-state index in [2.05, 4.69) is 52.2 Å². The summed E-state index contributed by atoms with van der Waals surface area (Å²) < 4.78 is 2.06. The predicted octanol–water partition coefficient (Wildman–Crippen LogP) is 4.85. The Bertz CT molecular complexity index is 818. The van der Waals surface area contributed by atoms with Crippen LogP contribution in [-0.4, -0.2) is 27.8 Å². The SMILES string of the molecule is Clc1ccc(-c2nn(Cc3ccccc3)cc2CN2CCCC2)cc1. The van der Waals surface area contributed by atoms with Crippen molar-refractivity contribution in [3.8, 4) is 11.3 Å². The number of likely N-dealkylation sites (tertiary alicyclic amines) is 1. The summed E-state index contributed by atoms with van der Waals surface area (Å²) in [5, 5.41) is 5.65. The predicted molar refractivity (Wildman–Crippen MR) is 103 cm³/mol. The molecule has 25 heavy (non-hydrogen) atoms. The summed E-state index contributed by atoms with van der Waals surface area (Å²) in [4.78, 5) is 2.52. The molecule has 0 unspecified atom stereocenters. The molecule has 128 valence electrons. The van der Waals surface area contributed by atoms with E-state index in [0.29, 0.717) is 0 Å². The van der Waals surface area contributed by atoms with Crippen LogP contribution in [0.3, 0.4) is 0 Å². The Labute approximate surface area is 153 Å². The molecule has 0 bridgehead atoms. The maximum atomic E-state index is 6.06. The fourth-order valence-corrected chi connectivity index (χ4v) is 3.59. The number of aromatic nitrogens is 2. The van der Waals surface area contributed by atoms with E-state index >= 15 is 0 Å². The van der Waals surface area contributed by atoms with Crippen molar-refractivity contribution in [3.63, 3.8) is 0 Å². The van der Waals surface area contributed by atoms with E-state index in [4.69, 9.17) is 16.7 Å². The van der Waals surface area contributed by atoms with Gasteiger partial charge >= 0.3 is 0 Å². The lowest BCUT2D eigenvalue weighted by Crippen LogP contribution is -2.18. The highest BCUT2D eigenvalue weighted by Gasteiger charge is 2.17. The zero-order chi connectivity index (χ0) is 17.1. The molecular formula is C21H22ClN3. The van der Waals surface area contributed by atoms with Crippen LogP contribution < -0.4 is 0 Å². The fourth-order valence-electron chi connectivity index (χ4n) is 3.46. The van der Waals surface area contributed by atoms with E-state index in [1.54, 1.807) is 0 Å². The van der Waals surface area contributed by atoms with Crippen LogP contribution in [0.5, 0.6) is 0 Å². The molecule has 4 rings (SSSR count). The Hall–Kier alpha value is -2.10. The summed E-state index contributed by atoms with van der Waals surface area (Å²) in [7, 11) is 0. The minimum atomic E-state index is 0.758. The van der Waals surface area contributed by atoms with Crippen molar-refractivity contribution in [2.75, 3.05) is 13.1 Å². The fraction of sp³-hybridized carbons (Fsp3) is 0.286. The molecule has 0 amide bonds. The van der Waals surface area contributed by atoms with Gasteiger partial charge in [0.1, 0.15) is 0 Å². The Morgan fingerprint density at radius 2 is 1.60 bits per heavy atom. The van der Waals surface area contributed by atoms with Gasteiger partial charge in [-0.3, -0.25) is 9.58 Å². The summed E-state index contributed by atoms with van der Waals surface area (Å²) in [6.45, 7) is 4.13. The summed E-state index contributed by atoms with van der Waals surface area (Å²) in [6, 6.07) is 18.5. The highest BCUT2D eigenvalue weighted by atomic mass is 35.5. The average molecular weight is 352 g/mol. The van der Waals surface area contributed by atoms with Crippen molar-refractivity contribution in [1.82, 2.24) is 14.7 Å². The largest absolute Gasteiger partial charge is 0.299 e. The monoisotopic (exact) mass is 351 g/mol. The molecule has 0 N–H and O–H groups in total. The van der Waals surface area contributed by atoms with Gasteiger partial charge in [-0.1, -0.05) is 54.1 Å². The van der Waals surface area contributed by atoms with Gasteiger partial charge in [0, 0.05) is 28.9 Å². The molecule has 3 aromatic rings. The van der Waals surface area contributed by atoms with Crippen molar-refractivity contribution < 1.29 is 0 Å². The van der Waals surface area contributed by atoms with Crippen molar-refractivity contribution in [3.05, 3.63) is 76.9 Å². The summed E-state index contributed by atoms with van der Waals surface area (Å²) in [5.41, 5.74) is 4.76.